The molecule has 3 fully saturated rings. The van der Waals surface area contributed by atoms with Crippen LogP contribution in [0, 0.1) is 11.2 Å². The Hall–Kier alpha value is -1.17. The van der Waals surface area contributed by atoms with Gasteiger partial charge in [-0.25, -0.2) is 4.39 Å². The highest BCUT2D eigenvalue weighted by Crippen LogP contribution is 2.40. The maximum Gasteiger partial charge on any atom is 0.222 e. The van der Waals surface area contributed by atoms with Crippen LogP contribution in [0.1, 0.15) is 44.1 Å². The van der Waals surface area contributed by atoms with Crippen molar-refractivity contribution in [2.24, 2.45) is 5.41 Å². The van der Waals surface area contributed by atoms with Crippen LogP contribution in [0.3, 0.4) is 0 Å². The number of ether oxygens (including phenoxy) is 1. The molecule has 148 valence electrons. The third kappa shape index (κ3) is 4.47. The highest BCUT2D eigenvalue weighted by molar-refractivity contribution is 6.30. The number of carbonyl (C=O) groups excluding carboxylic acids is 1. The topological polar surface area (TPSA) is 32.8 Å². The number of hydrogen-bond acceptors (Lipinski definition) is 3. The number of amides is 1. The van der Waals surface area contributed by atoms with Crippen LogP contribution in [0.5, 0.6) is 0 Å². The Morgan fingerprint density at radius 1 is 1.26 bits per heavy atom. The fraction of sp³-hybridized carbons (Fsp3) is 0.667. The van der Waals surface area contributed by atoms with E-state index < -0.39 is 0 Å². The van der Waals surface area contributed by atoms with E-state index in [1.807, 2.05) is 6.07 Å². The van der Waals surface area contributed by atoms with Crippen molar-refractivity contribution in [1.82, 2.24) is 9.80 Å². The van der Waals surface area contributed by atoms with Gasteiger partial charge in [0, 0.05) is 32.7 Å². The summed E-state index contributed by atoms with van der Waals surface area (Å²) in [6, 6.07) is 4.98. The van der Waals surface area contributed by atoms with Crippen LogP contribution in [0.15, 0.2) is 18.2 Å². The lowest BCUT2D eigenvalue weighted by atomic mass is 9.72. The molecule has 1 amide bonds. The molecule has 1 aromatic carbocycles. The van der Waals surface area contributed by atoms with Crippen LogP contribution in [0.2, 0.25) is 5.02 Å². The zero-order valence-electron chi connectivity index (χ0n) is 15.8. The summed E-state index contributed by atoms with van der Waals surface area (Å²) in [7, 11) is 0. The van der Waals surface area contributed by atoms with Crippen molar-refractivity contribution < 1.29 is 13.9 Å². The minimum Gasteiger partial charge on any atom is -0.376 e. The molecule has 3 saturated heterocycles. The summed E-state index contributed by atoms with van der Waals surface area (Å²) in [6.45, 7) is 5.29. The van der Waals surface area contributed by atoms with Crippen molar-refractivity contribution in [2.45, 2.75) is 51.2 Å². The van der Waals surface area contributed by atoms with E-state index in [0.717, 1.165) is 77.0 Å². The van der Waals surface area contributed by atoms with Gasteiger partial charge in [0.15, 0.2) is 0 Å². The van der Waals surface area contributed by atoms with Crippen LogP contribution in [-0.2, 0) is 16.1 Å². The van der Waals surface area contributed by atoms with Gasteiger partial charge in [-0.15, -0.1) is 0 Å². The number of likely N-dealkylation sites (tertiary alicyclic amines) is 2. The van der Waals surface area contributed by atoms with E-state index in [1.165, 1.54) is 6.07 Å². The maximum atomic E-state index is 13.3. The second kappa shape index (κ2) is 8.06. The number of carbonyl (C=O) groups is 1. The molecule has 1 aromatic rings. The summed E-state index contributed by atoms with van der Waals surface area (Å²) < 4.78 is 19.1. The lowest BCUT2D eigenvalue weighted by molar-refractivity contribution is -0.141. The van der Waals surface area contributed by atoms with Crippen molar-refractivity contribution in [3.63, 3.8) is 0 Å². The molecule has 27 heavy (non-hydrogen) atoms. The molecule has 4 nitrogen and oxygen atoms in total. The van der Waals surface area contributed by atoms with Gasteiger partial charge >= 0.3 is 0 Å². The summed E-state index contributed by atoms with van der Waals surface area (Å²) in [5, 5.41) is 0.191. The van der Waals surface area contributed by atoms with Gasteiger partial charge in [-0.1, -0.05) is 17.7 Å². The van der Waals surface area contributed by atoms with Crippen LogP contribution in [0.25, 0.3) is 0 Å². The molecule has 3 aliphatic rings. The highest BCUT2D eigenvalue weighted by Gasteiger charge is 2.41. The lowest BCUT2D eigenvalue weighted by Gasteiger charge is -2.48. The first-order chi connectivity index (χ1) is 13.0. The molecule has 0 aliphatic carbocycles. The van der Waals surface area contributed by atoms with E-state index in [-0.39, 0.29) is 22.4 Å². The summed E-state index contributed by atoms with van der Waals surface area (Å²) in [6.07, 6.45) is 6.30. The number of benzene rings is 1. The molecule has 0 bridgehead atoms. The van der Waals surface area contributed by atoms with Gasteiger partial charge in [0.05, 0.1) is 11.1 Å². The molecular formula is C21H28ClFN2O2. The molecule has 0 radical (unpaired) electrons. The Morgan fingerprint density at radius 3 is 2.78 bits per heavy atom. The standard InChI is InChI=1S/C21H28ClFN2O2/c22-18-12-16(3-4-19(18)23)13-24-9-7-21(8-10-24)6-5-20(26)25(15-21)14-17-2-1-11-27-17/h3-4,12,17H,1-2,5-11,13-15H2. The Kier molecular flexibility index (Phi) is 5.72. The molecule has 4 rings (SSSR count). The third-order valence-corrected chi connectivity index (χ3v) is 6.79. The molecule has 3 heterocycles. The zero-order chi connectivity index (χ0) is 18.9. The fourth-order valence-electron chi connectivity index (χ4n) is 4.79. The molecular weight excluding hydrogens is 367 g/mol. The van der Waals surface area contributed by atoms with Gasteiger partial charge in [0.2, 0.25) is 5.91 Å². The largest absolute Gasteiger partial charge is 0.376 e. The predicted molar refractivity (Wildman–Crippen MR) is 103 cm³/mol. The Balaban J connectivity index is 1.33. The molecule has 1 spiro atoms. The molecule has 3 aliphatic heterocycles. The zero-order valence-corrected chi connectivity index (χ0v) is 16.5. The minimum absolute atomic E-state index is 0.191. The third-order valence-electron chi connectivity index (χ3n) is 6.50. The molecule has 6 heteroatoms. The van der Waals surface area contributed by atoms with Crippen LogP contribution in [-0.4, -0.2) is 54.6 Å². The van der Waals surface area contributed by atoms with E-state index in [2.05, 4.69) is 9.80 Å². The highest BCUT2D eigenvalue weighted by atomic mass is 35.5. The first-order valence-electron chi connectivity index (χ1n) is 10.1. The summed E-state index contributed by atoms with van der Waals surface area (Å²) in [4.78, 5) is 16.9. The van der Waals surface area contributed by atoms with Gasteiger partial charge < -0.3 is 9.64 Å². The number of piperidine rings is 2. The predicted octanol–water partition coefficient (Wildman–Crippen LogP) is 3.86. The van der Waals surface area contributed by atoms with Gasteiger partial charge in [-0.3, -0.25) is 9.69 Å². The van der Waals surface area contributed by atoms with E-state index in [9.17, 15) is 9.18 Å². The maximum absolute atomic E-state index is 13.3. The van der Waals surface area contributed by atoms with Crippen LogP contribution in [0.4, 0.5) is 4.39 Å². The first-order valence-corrected chi connectivity index (χ1v) is 10.5. The van der Waals surface area contributed by atoms with Crippen LogP contribution >= 0.6 is 11.6 Å². The average molecular weight is 395 g/mol. The van der Waals surface area contributed by atoms with E-state index >= 15 is 0 Å². The Labute approximate surface area is 165 Å². The van der Waals surface area contributed by atoms with E-state index in [1.54, 1.807) is 6.07 Å². The van der Waals surface area contributed by atoms with E-state index in [4.69, 9.17) is 16.3 Å². The molecule has 0 N–H and O–H groups in total. The first kappa shape index (κ1) is 19.2. The van der Waals surface area contributed by atoms with Gasteiger partial charge in [-0.05, 0) is 68.3 Å². The average Bonchev–Trinajstić information content (AvgIpc) is 3.17. The van der Waals surface area contributed by atoms with Crippen molar-refractivity contribution in [3.05, 3.63) is 34.6 Å². The fourth-order valence-corrected chi connectivity index (χ4v) is 5.00. The van der Waals surface area contributed by atoms with Crippen molar-refractivity contribution >= 4 is 17.5 Å². The number of hydrogen-bond donors (Lipinski definition) is 0. The summed E-state index contributed by atoms with van der Waals surface area (Å²) in [5.74, 6) is -0.0734. The minimum atomic E-state index is -0.365. The SMILES string of the molecule is O=C1CCC2(CCN(Cc3ccc(F)c(Cl)c3)CC2)CN1CC1CCCO1. The molecule has 1 unspecified atom stereocenters. The number of rotatable bonds is 4. The normalized spacial score (nSPS) is 26.1. The van der Waals surface area contributed by atoms with Crippen molar-refractivity contribution in [1.29, 1.82) is 0 Å². The summed E-state index contributed by atoms with van der Waals surface area (Å²) >= 11 is 5.91. The monoisotopic (exact) mass is 394 g/mol. The smallest absolute Gasteiger partial charge is 0.222 e. The van der Waals surface area contributed by atoms with Crippen molar-refractivity contribution in [2.75, 3.05) is 32.8 Å². The molecule has 0 aromatic heterocycles. The second-order valence-corrected chi connectivity index (χ2v) is 8.84. The van der Waals surface area contributed by atoms with Crippen LogP contribution < -0.4 is 0 Å². The van der Waals surface area contributed by atoms with E-state index in [0.29, 0.717) is 12.3 Å². The van der Waals surface area contributed by atoms with Gasteiger partial charge in [0.1, 0.15) is 5.82 Å². The quantitative estimate of drug-likeness (QED) is 0.777. The lowest BCUT2D eigenvalue weighted by Crippen LogP contribution is -2.52. The number of nitrogens with zero attached hydrogens (tertiary/aromatic N) is 2. The number of halogens is 2. The van der Waals surface area contributed by atoms with Gasteiger partial charge in [-0.2, -0.15) is 0 Å². The molecule has 1 atom stereocenters. The summed E-state index contributed by atoms with van der Waals surface area (Å²) in [5.41, 5.74) is 1.31. The van der Waals surface area contributed by atoms with Crippen molar-refractivity contribution in [3.8, 4) is 0 Å². The second-order valence-electron chi connectivity index (χ2n) is 8.43. The molecule has 0 saturated carbocycles. The Bertz CT molecular complexity index is 685. The Morgan fingerprint density at radius 2 is 2.07 bits per heavy atom. The van der Waals surface area contributed by atoms with Gasteiger partial charge in [0.25, 0.3) is 0 Å².